The normalized spacial score (nSPS) is 11.7. The van der Waals surface area contributed by atoms with Crippen molar-refractivity contribution in [2.75, 3.05) is 26.7 Å². The molecule has 1 rings (SSSR count). The van der Waals surface area contributed by atoms with Crippen LogP contribution >= 0.6 is 11.3 Å². The highest BCUT2D eigenvalue weighted by molar-refractivity contribution is 7.91. The molecule has 0 saturated heterocycles. The first-order valence-corrected chi connectivity index (χ1v) is 8.47. The van der Waals surface area contributed by atoms with Gasteiger partial charge in [0.25, 0.3) is 10.0 Å². The largest absolute Gasteiger partial charge is 0.316 e. The van der Waals surface area contributed by atoms with E-state index in [1.54, 1.807) is 6.07 Å². The minimum atomic E-state index is -3.43. The fraction of sp³-hybridized carbons (Fsp3) is 0.538. The van der Waals surface area contributed by atoms with Crippen LogP contribution < -0.4 is 5.32 Å². The smallest absolute Gasteiger partial charge is 0.253 e. The highest BCUT2D eigenvalue weighted by atomic mass is 32.2. The van der Waals surface area contributed by atoms with E-state index in [4.69, 9.17) is 6.42 Å². The van der Waals surface area contributed by atoms with E-state index in [-0.39, 0.29) is 6.54 Å². The van der Waals surface area contributed by atoms with Gasteiger partial charge in [-0.1, -0.05) is 12.8 Å². The summed E-state index contributed by atoms with van der Waals surface area (Å²) < 4.78 is 25.8. The number of hydrogen-bond donors (Lipinski definition) is 1. The molecule has 1 aromatic heterocycles. The molecule has 1 N–H and O–H groups in total. The molecule has 0 unspecified atom stereocenters. The number of hydrogen-bond acceptors (Lipinski definition) is 4. The predicted octanol–water partition coefficient (Wildman–Crippen LogP) is 1.54. The highest BCUT2D eigenvalue weighted by Gasteiger charge is 2.21. The van der Waals surface area contributed by atoms with Gasteiger partial charge in [0.2, 0.25) is 0 Å². The van der Waals surface area contributed by atoms with E-state index in [1.165, 1.54) is 22.7 Å². The highest BCUT2D eigenvalue weighted by Crippen LogP contribution is 2.24. The fourth-order valence-corrected chi connectivity index (χ4v) is 4.16. The maximum absolute atomic E-state index is 12.1. The van der Waals surface area contributed by atoms with Gasteiger partial charge in [-0.15, -0.1) is 17.8 Å². The van der Waals surface area contributed by atoms with Crippen molar-refractivity contribution in [2.45, 2.75) is 24.0 Å². The Morgan fingerprint density at radius 1 is 1.42 bits per heavy atom. The average molecular weight is 300 g/mol. The van der Waals surface area contributed by atoms with Gasteiger partial charge < -0.3 is 5.32 Å². The zero-order valence-electron chi connectivity index (χ0n) is 11.3. The maximum Gasteiger partial charge on any atom is 0.253 e. The fourth-order valence-electron chi connectivity index (χ4n) is 1.51. The van der Waals surface area contributed by atoms with E-state index in [9.17, 15) is 8.42 Å². The average Bonchev–Trinajstić information content (AvgIpc) is 2.84. The van der Waals surface area contributed by atoms with Gasteiger partial charge in [-0.25, -0.2) is 8.42 Å². The molecule has 0 saturated carbocycles. The molecule has 0 aliphatic heterocycles. The molecule has 6 heteroatoms. The first-order valence-electron chi connectivity index (χ1n) is 6.21. The van der Waals surface area contributed by atoms with E-state index in [2.05, 4.69) is 18.2 Å². The van der Waals surface area contributed by atoms with Crippen LogP contribution in [0.2, 0.25) is 0 Å². The first kappa shape index (κ1) is 16.2. The van der Waals surface area contributed by atoms with Crippen molar-refractivity contribution in [3.05, 3.63) is 17.0 Å². The van der Waals surface area contributed by atoms with Crippen LogP contribution in [0.3, 0.4) is 0 Å². The molecule has 106 valence electrons. The Morgan fingerprint density at radius 3 is 2.79 bits per heavy atom. The molecular formula is C13H20N2O2S2. The van der Waals surface area contributed by atoms with Crippen molar-refractivity contribution >= 4 is 21.4 Å². The lowest BCUT2D eigenvalue weighted by atomic mass is 10.3. The number of rotatable bonds is 8. The summed E-state index contributed by atoms with van der Waals surface area (Å²) in [5.41, 5.74) is 0. The van der Waals surface area contributed by atoms with E-state index in [1.807, 2.05) is 6.07 Å². The zero-order chi connectivity index (χ0) is 14.3. The van der Waals surface area contributed by atoms with Crippen molar-refractivity contribution in [1.29, 1.82) is 0 Å². The van der Waals surface area contributed by atoms with Crippen molar-refractivity contribution in [1.82, 2.24) is 9.62 Å². The van der Waals surface area contributed by atoms with Crippen LogP contribution in [0.25, 0.3) is 0 Å². The monoisotopic (exact) mass is 300 g/mol. The van der Waals surface area contributed by atoms with Gasteiger partial charge in [0.1, 0.15) is 4.21 Å². The van der Waals surface area contributed by atoms with Gasteiger partial charge in [0.05, 0.1) is 6.54 Å². The van der Waals surface area contributed by atoms with Crippen molar-refractivity contribution < 1.29 is 8.42 Å². The Balaban J connectivity index is 2.66. The van der Waals surface area contributed by atoms with Gasteiger partial charge in [-0.3, -0.25) is 0 Å². The van der Waals surface area contributed by atoms with Crippen molar-refractivity contribution in [3.8, 4) is 12.3 Å². The molecule has 0 fully saturated rings. The molecule has 0 aromatic carbocycles. The third-order valence-corrected chi connectivity index (χ3v) is 6.01. The van der Waals surface area contributed by atoms with E-state index in [0.717, 1.165) is 30.8 Å². The SMILES string of the molecule is C#CCN(C)S(=O)(=O)c1ccc(CCNCCC)s1. The summed E-state index contributed by atoms with van der Waals surface area (Å²) in [7, 11) is -1.93. The number of thiophene rings is 1. The predicted molar refractivity (Wildman–Crippen MR) is 79.8 cm³/mol. The van der Waals surface area contributed by atoms with E-state index < -0.39 is 10.0 Å². The maximum atomic E-state index is 12.1. The molecule has 0 radical (unpaired) electrons. The van der Waals surface area contributed by atoms with Gasteiger partial charge >= 0.3 is 0 Å². The Hall–Kier alpha value is -0.870. The first-order chi connectivity index (χ1) is 9.02. The molecule has 0 aliphatic carbocycles. The Morgan fingerprint density at radius 2 is 2.16 bits per heavy atom. The third-order valence-electron chi connectivity index (χ3n) is 2.59. The standard InChI is InChI=1S/C13H20N2O2S2/c1-4-9-14-10-8-12-6-7-13(18-12)19(16,17)15(3)11-5-2/h2,6-7,14H,4,8-11H2,1,3H3. The minimum absolute atomic E-state index is 0.0909. The molecule has 0 bridgehead atoms. The quantitative estimate of drug-likeness (QED) is 0.585. The molecule has 4 nitrogen and oxygen atoms in total. The lowest BCUT2D eigenvalue weighted by molar-refractivity contribution is 0.505. The summed E-state index contributed by atoms with van der Waals surface area (Å²) in [5, 5.41) is 3.29. The van der Waals surface area contributed by atoms with Crippen LogP contribution in [-0.4, -0.2) is 39.4 Å². The lowest BCUT2D eigenvalue weighted by Crippen LogP contribution is -2.26. The topological polar surface area (TPSA) is 49.4 Å². The van der Waals surface area contributed by atoms with Gasteiger partial charge in [0.15, 0.2) is 0 Å². The van der Waals surface area contributed by atoms with Gasteiger partial charge in [0, 0.05) is 11.9 Å². The summed E-state index contributed by atoms with van der Waals surface area (Å²) in [4.78, 5) is 1.07. The van der Waals surface area contributed by atoms with Crippen molar-refractivity contribution in [2.24, 2.45) is 0 Å². The second kappa shape index (κ2) is 7.65. The molecule has 0 amide bonds. The van der Waals surface area contributed by atoms with Crippen LogP contribution in [0.15, 0.2) is 16.3 Å². The third kappa shape index (κ3) is 4.62. The van der Waals surface area contributed by atoms with Gasteiger partial charge in [-0.05, 0) is 38.1 Å². The summed E-state index contributed by atoms with van der Waals surface area (Å²) in [6.45, 7) is 4.06. The summed E-state index contributed by atoms with van der Waals surface area (Å²) in [6.07, 6.45) is 7.09. The van der Waals surface area contributed by atoms with Crippen LogP contribution in [0, 0.1) is 12.3 Å². The molecule has 1 heterocycles. The molecule has 1 aromatic rings. The second-order valence-electron chi connectivity index (χ2n) is 4.19. The number of sulfonamides is 1. The Kier molecular flexibility index (Phi) is 6.52. The molecule has 19 heavy (non-hydrogen) atoms. The number of terminal acetylenes is 1. The van der Waals surface area contributed by atoms with Gasteiger partial charge in [-0.2, -0.15) is 4.31 Å². The van der Waals surface area contributed by atoms with E-state index in [0.29, 0.717) is 4.21 Å². The van der Waals surface area contributed by atoms with Crippen LogP contribution in [-0.2, 0) is 16.4 Å². The Labute approximate surface area is 119 Å². The van der Waals surface area contributed by atoms with E-state index >= 15 is 0 Å². The number of nitrogens with zero attached hydrogens (tertiary/aromatic N) is 1. The molecule has 0 atom stereocenters. The molecular weight excluding hydrogens is 280 g/mol. The zero-order valence-corrected chi connectivity index (χ0v) is 13.0. The number of nitrogens with one attached hydrogen (secondary N) is 1. The lowest BCUT2D eigenvalue weighted by Gasteiger charge is -2.12. The minimum Gasteiger partial charge on any atom is -0.316 e. The Bertz CT molecular complexity index is 529. The van der Waals surface area contributed by atoms with Crippen LogP contribution in [0.5, 0.6) is 0 Å². The summed E-state index contributed by atoms with van der Waals surface area (Å²) >= 11 is 1.31. The molecule has 0 spiro atoms. The van der Waals surface area contributed by atoms with Crippen LogP contribution in [0.1, 0.15) is 18.2 Å². The molecule has 0 aliphatic rings. The summed E-state index contributed by atoms with van der Waals surface area (Å²) in [6, 6.07) is 3.52. The summed E-state index contributed by atoms with van der Waals surface area (Å²) in [5.74, 6) is 2.34. The van der Waals surface area contributed by atoms with Crippen molar-refractivity contribution in [3.63, 3.8) is 0 Å². The second-order valence-corrected chi connectivity index (χ2v) is 7.63. The van der Waals surface area contributed by atoms with Crippen LogP contribution in [0.4, 0.5) is 0 Å².